The lowest BCUT2D eigenvalue weighted by Crippen LogP contribution is -2.39. The Hall–Kier alpha value is -2.12. The van der Waals surface area contributed by atoms with Crippen LogP contribution in [0.1, 0.15) is 18.4 Å². The average Bonchev–Trinajstić information content (AvgIpc) is 2.95. The van der Waals surface area contributed by atoms with Crippen LogP contribution in [0.3, 0.4) is 0 Å². The largest absolute Gasteiger partial charge is 0.445 e. The van der Waals surface area contributed by atoms with Crippen molar-refractivity contribution >= 4 is 12.0 Å². The van der Waals surface area contributed by atoms with Crippen molar-refractivity contribution in [3.8, 4) is 0 Å². The Morgan fingerprint density at radius 3 is 2.74 bits per heavy atom. The highest BCUT2D eigenvalue weighted by Crippen LogP contribution is 2.18. The predicted molar refractivity (Wildman–Crippen MR) is 82.5 cm³/mol. The summed E-state index contributed by atoms with van der Waals surface area (Å²) in [6.07, 6.45) is -0.694. The number of amides is 2. The van der Waals surface area contributed by atoms with E-state index >= 15 is 0 Å². The highest BCUT2D eigenvalue weighted by atomic mass is 16.5. The summed E-state index contributed by atoms with van der Waals surface area (Å²) in [5.41, 5.74) is 0.885. The van der Waals surface area contributed by atoms with Gasteiger partial charge in [0.15, 0.2) is 0 Å². The Morgan fingerprint density at radius 1 is 1.30 bits per heavy atom. The number of benzene rings is 1. The van der Waals surface area contributed by atoms with E-state index in [0.717, 1.165) is 5.56 Å². The molecule has 0 aromatic heterocycles. The Morgan fingerprint density at radius 2 is 2.04 bits per heavy atom. The first kappa shape index (κ1) is 17.2. The van der Waals surface area contributed by atoms with Gasteiger partial charge in [-0.05, 0) is 12.0 Å². The van der Waals surface area contributed by atoms with Gasteiger partial charge in [0.2, 0.25) is 5.91 Å². The van der Waals surface area contributed by atoms with Crippen LogP contribution in [0.2, 0.25) is 0 Å². The molecule has 0 saturated carbocycles. The fourth-order valence-electron chi connectivity index (χ4n) is 2.56. The highest BCUT2D eigenvalue weighted by molar-refractivity contribution is 5.78. The van der Waals surface area contributed by atoms with Crippen LogP contribution in [0.15, 0.2) is 30.3 Å². The molecule has 2 atom stereocenters. The van der Waals surface area contributed by atoms with Crippen LogP contribution in [0.5, 0.6) is 0 Å². The van der Waals surface area contributed by atoms with E-state index in [1.54, 1.807) is 0 Å². The molecule has 1 aliphatic rings. The van der Waals surface area contributed by atoms with E-state index < -0.39 is 12.2 Å². The zero-order chi connectivity index (χ0) is 16.7. The third-order valence-corrected chi connectivity index (χ3v) is 3.74. The van der Waals surface area contributed by atoms with Crippen LogP contribution >= 0.6 is 0 Å². The first-order valence-corrected chi connectivity index (χ1v) is 7.63. The van der Waals surface area contributed by atoms with Crippen molar-refractivity contribution in [1.82, 2.24) is 10.2 Å². The van der Waals surface area contributed by atoms with Gasteiger partial charge in [0.25, 0.3) is 0 Å². The molecule has 1 aliphatic heterocycles. The van der Waals surface area contributed by atoms with Crippen molar-refractivity contribution in [2.75, 3.05) is 19.7 Å². The Labute approximate surface area is 134 Å². The van der Waals surface area contributed by atoms with Crippen LogP contribution in [-0.2, 0) is 16.1 Å². The first-order valence-electron chi connectivity index (χ1n) is 7.63. The fraction of sp³-hybridized carbons (Fsp3) is 0.500. The maximum atomic E-state index is 12.0. The number of carbonyl (C=O) groups is 2. The average molecular weight is 322 g/mol. The Balaban J connectivity index is 1.66. The van der Waals surface area contributed by atoms with Gasteiger partial charge in [0.05, 0.1) is 18.8 Å². The number of aliphatic hydroxyl groups excluding tert-OH is 2. The Kier molecular flexibility index (Phi) is 6.37. The lowest BCUT2D eigenvalue weighted by Gasteiger charge is -2.22. The topological polar surface area (TPSA) is 99.1 Å². The number of ether oxygens (including phenoxy) is 1. The van der Waals surface area contributed by atoms with Crippen molar-refractivity contribution in [2.45, 2.75) is 31.6 Å². The lowest BCUT2D eigenvalue weighted by molar-refractivity contribution is -0.132. The molecule has 23 heavy (non-hydrogen) atoms. The van der Waals surface area contributed by atoms with Gasteiger partial charge in [0, 0.05) is 19.5 Å². The molecule has 0 bridgehead atoms. The molecule has 2 rings (SSSR count). The number of likely N-dealkylation sites (tertiary alicyclic amines) is 1. The second-order valence-corrected chi connectivity index (χ2v) is 5.51. The van der Waals surface area contributed by atoms with Crippen molar-refractivity contribution in [3.63, 3.8) is 0 Å². The third kappa shape index (κ3) is 5.22. The van der Waals surface area contributed by atoms with Crippen LogP contribution in [0.4, 0.5) is 4.79 Å². The number of aliphatic hydroxyl groups is 2. The molecule has 7 nitrogen and oxygen atoms in total. The maximum Gasteiger partial charge on any atom is 0.407 e. The van der Waals surface area contributed by atoms with E-state index in [9.17, 15) is 19.8 Å². The predicted octanol–water partition coefficient (Wildman–Crippen LogP) is 0.257. The van der Waals surface area contributed by atoms with Crippen LogP contribution in [0, 0.1) is 0 Å². The number of nitrogens with one attached hydrogen (secondary N) is 1. The molecule has 0 unspecified atom stereocenters. The quantitative estimate of drug-likeness (QED) is 0.697. The summed E-state index contributed by atoms with van der Waals surface area (Å²) < 4.78 is 5.04. The number of β-amino-alcohol motifs (C(OH)–C–C–N with tert-alkyl or cyclic N) is 1. The molecule has 0 radical (unpaired) electrons. The van der Waals surface area contributed by atoms with Gasteiger partial charge in [-0.2, -0.15) is 0 Å². The van der Waals surface area contributed by atoms with E-state index in [1.165, 1.54) is 4.90 Å². The van der Waals surface area contributed by atoms with Gasteiger partial charge in [-0.25, -0.2) is 4.79 Å². The maximum absolute atomic E-state index is 12.0. The molecule has 0 spiro atoms. The molecule has 2 amide bonds. The van der Waals surface area contributed by atoms with Gasteiger partial charge >= 0.3 is 6.09 Å². The molecule has 3 N–H and O–H groups in total. The van der Waals surface area contributed by atoms with E-state index in [2.05, 4.69) is 5.32 Å². The van der Waals surface area contributed by atoms with Crippen molar-refractivity contribution in [3.05, 3.63) is 35.9 Å². The minimum atomic E-state index is -0.597. The molecule has 1 aromatic rings. The molecule has 1 heterocycles. The van der Waals surface area contributed by atoms with E-state index in [-0.39, 0.29) is 44.7 Å². The molecular weight excluding hydrogens is 300 g/mol. The number of nitrogens with zero attached hydrogens (tertiary/aromatic N) is 1. The number of carbonyl (C=O) groups excluding carboxylic acids is 2. The zero-order valence-electron chi connectivity index (χ0n) is 12.9. The van der Waals surface area contributed by atoms with Crippen molar-refractivity contribution in [2.24, 2.45) is 0 Å². The summed E-state index contributed by atoms with van der Waals surface area (Å²) in [6, 6.07) is 8.95. The summed E-state index contributed by atoms with van der Waals surface area (Å²) in [5.74, 6) is -0.205. The van der Waals surface area contributed by atoms with Gasteiger partial charge < -0.3 is 25.2 Å². The van der Waals surface area contributed by atoms with Crippen molar-refractivity contribution in [1.29, 1.82) is 0 Å². The molecular formula is C16H22N2O5. The smallest absolute Gasteiger partial charge is 0.407 e. The molecule has 0 aliphatic carbocycles. The van der Waals surface area contributed by atoms with Gasteiger partial charge in [-0.1, -0.05) is 30.3 Å². The molecule has 1 aromatic carbocycles. The minimum absolute atomic E-state index is 0.101. The molecule has 126 valence electrons. The van der Waals surface area contributed by atoms with Crippen LogP contribution in [0.25, 0.3) is 0 Å². The van der Waals surface area contributed by atoms with Gasteiger partial charge in [-0.15, -0.1) is 0 Å². The SMILES string of the molecule is O=C(NCCC(=O)N1C[C@H](O)C[C@H]1CO)OCc1ccccc1. The Bertz CT molecular complexity index is 522. The number of alkyl carbamates (subject to hydrolysis) is 1. The standard InChI is InChI=1S/C16H22N2O5/c19-10-13-8-14(20)9-18(13)15(21)6-7-17-16(22)23-11-12-4-2-1-3-5-12/h1-5,13-14,19-20H,6-11H2,(H,17,22)/t13-,14+/m0/s1. The zero-order valence-corrected chi connectivity index (χ0v) is 12.9. The summed E-state index contributed by atoms with van der Waals surface area (Å²) in [6.45, 7) is 0.376. The van der Waals surface area contributed by atoms with E-state index in [1.807, 2.05) is 30.3 Å². The summed E-state index contributed by atoms with van der Waals surface area (Å²) in [5, 5.41) is 21.3. The summed E-state index contributed by atoms with van der Waals surface area (Å²) in [7, 11) is 0. The second kappa shape index (κ2) is 8.50. The molecule has 1 saturated heterocycles. The normalized spacial score (nSPS) is 20.3. The second-order valence-electron chi connectivity index (χ2n) is 5.51. The highest BCUT2D eigenvalue weighted by Gasteiger charge is 2.33. The van der Waals surface area contributed by atoms with E-state index in [4.69, 9.17) is 4.74 Å². The van der Waals surface area contributed by atoms with Crippen molar-refractivity contribution < 1.29 is 24.5 Å². The first-order chi connectivity index (χ1) is 11.1. The third-order valence-electron chi connectivity index (χ3n) is 3.74. The number of hydrogen-bond acceptors (Lipinski definition) is 5. The van der Waals surface area contributed by atoms with Crippen LogP contribution < -0.4 is 5.32 Å². The monoisotopic (exact) mass is 322 g/mol. The lowest BCUT2D eigenvalue weighted by atomic mass is 10.2. The number of hydrogen-bond donors (Lipinski definition) is 3. The fourth-order valence-corrected chi connectivity index (χ4v) is 2.56. The van der Waals surface area contributed by atoms with Gasteiger partial charge in [-0.3, -0.25) is 4.79 Å². The van der Waals surface area contributed by atoms with E-state index in [0.29, 0.717) is 6.42 Å². The van der Waals surface area contributed by atoms with Gasteiger partial charge in [0.1, 0.15) is 6.61 Å². The number of rotatable bonds is 6. The summed E-state index contributed by atoms with van der Waals surface area (Å²) >= 11 is 0. The van der Waals surface area contributed by atoms with Crippen LogP contribution in [-0.4, -0.2) is 59.0 Å². The summed E-state index contributed by atoms with van der Waals surface area (Å²) in [4.78, 5) is 25.0. The molecule has 1 fully saturated rings. The molecule has 7 heteroatoms. The minimum Gasteiger partial charge on any atom is -0.445 e.